The average Bonchev–Trinajstić information content (AvgIpc) is 3.46. The Balaban J connectivity index is 1.13. The van der Waals surface area contributed by atoms with Crippen molar-refractivity contribution in [3.8, 4) is 0 Å². The van der Waals surface area contributed by atoms with Crippen LogP contribution < -0.4 is 20.3 Å². The normalized spacial score (nSPS) is 27.1. The fourth-order valence-corrected chi connectivity index (χ4v) is 9.60. The smallest absolute Gasteiger partial charge is 0.410 e. The highest BCUT2D eigenvalue weighted by molar-refractivity contribution is 7.90. The number of rotatable bonds is 7. The predicted molar refractivity (Wildman–Crippen MR) is 214 cm³/mol. The zero-order chi connectivity index (χ0) is 41.0. The zero-order valence-electron chi connectivity index (χ0n) is 33.2. The molecule has 0 radical (unpaired) electrons. The molecule has 2 aromatic rings. The lowest BCUT2D eigenvalue weighted by molar-refractivity contribution is -0.141. The van der Waals surface area contributed by atoms with Crippen LogP contribution in [0, 0.1) is 5.92 Å². The first-order valence-electron chi connectivity index (χ1n) is 20.5. The summed E-state index contributed by atoms with van der Waals surface area (Å²) in [5, 5.41) is 5.63. The van der Waals surface area contributed by atoms with Crippen LogP contribution in [0.3, 0.4) is 0 Å². The van der Waals surface area contributed by atoms with E-state index in [-0.39, 0.29) is 30.4 Å². The maximum atomic E-state index is 14.5. The molecule has 3 fully saturated rings. The number of carbonyl (C=O) groups excluding carboxylic acids is 5. The standard InChI is InChI=1S/C42H54N6O9S/c1-46(2)31-18-20-34(21-19-31)58(54,55)45-39(51)42-25-30(42)14-6-4-3-5-7-17-35(43-40(52)56-32-15-10-11-16-32)38(50)48-27-33(24-36(48)37(49)44-42)57-41(53)47-23-22-28-12-8-9-13-29(28)26-47/h6,8-9,12-14,18-21,30,32-33,35-36H,3-5,7,10-11,15-17,22-27H2,1-2H3,(H,43,52)(H,44,49)(H,45,51)/b14-6-/t30-,33+,35-,36-,42+/m0/s1. The number of ether oxygens (including phenoxy) is 2. The average molecular weight is 819 g/mol. The summed E-state index contributed by atoms with van der Waals surface area (Å²) in [4.78, 5) is 74.3. The van der Waals surface area contributed by atoms with Gasteiger partial charge in [-0.2, -0.15) is 0 Å². The Labute approximate surface area is 339 Å². The Morgan fingerprint density at radius 1 is 0.897 bits per heavy atom. The van der Waals surface area contributed by atoms with Gasteiger partial charge in [0, 0.05) is 45.2 Å². The van der Waals surface area contributed by atoms with E-state index in [2.05, 4.69) is 15.4 Å². The Morgan fingerprint density at radius 3 is 2.36 bits per heavy atom. The van der Waals surface area contributed by atoms with Gasteiger partial charge >= 0.3 is 12.2 Å². The van der Waals surface area contributed by atoms with Gasteiger partial charge in [0.15, 0.2) is 0 Å². The van der Waals surface area contributed by atoms with Gasteiger partial charge in [0.1, 0.15) is 29.8 Å². The summed E-state index contributed by atoms with van der Waals surface area (Å²) in [5.74, 6) is -2.62. The lowest BCUT2D eigenvalue weighted by atomic mass is 10.0. The van der Waals surface area contributed by atoms with E-state index in [1.807, 2.05) is 55.4 Å². The molecule has 3 heterocycles. The Hall–Kier alpha value is -5.12. The van der Waals surface area contributed by atoms with Gasteiger partial charge in [0.2, 0.25) is 11.8 Å². The molecule has 2 saturated carbocycles. The summed E-state index contributed by atoms with van der Waals surface area (Å²) in [6.07, 6.45) is 8.63. The molecule has 0 bridgehead atoms. The molecule has 5 aliphatic rings. The van der Waals surface area contributed by atoms with E-state index in [1.165, 1.54) is 17.0 Å². The minimum Gasteiger partial charge on any atom is -0.446 e. The van der Waals surface area contributed by atoms with E-state index in [1.54, 1.807) is 17.0 Å². The number of allylic oxidation sites excluding steroid dienone is 1. The summed E-state index contributed by atoms with van der Waals surface area (Å²) < 4.78 is 40.8. The molecule has 2 aliphatic carbocycles. The molecule has 0 unspecified atom stereocenters. The number of hydrogen-bond donors (Lipinski definition) is 3. The Kier molecular flexibility index (Phi) is 12.3. The summed E-state index contributed by atoms with van der Waals surface area (Å²) in [7, 11) is -0.677. The van der Waals surface area contributed by atoms with Gasteiger partial charge in [-0.05, 0) is 93.2 Å². The molecular weight excluding hydrogens is 765 g/mol. The molecule has 5 amide bonds. The molecule has 1 saturated heterocycles. The number of hydrogen-bond acceptors (Lipinski definition) is 10. The van der Waals surface area contributed by atoms with Crippen molar-refractivity contribution in [1.82, 2.24) is 25.2 Å². The second kappa shape index (κ2) is 17.4. The number of nitrogens with zero attached hydrogens (tertiary/aromatic N) is 3. The fraction of sp³-hybridized carbons (Fsp3) is 0.548. The SMILES string of the molecule is CN(C)c1ccc(S(=O)(=O)NC(=O)[C@@]23C[C@@H]2/C=C\CCCCC[C@H](NC(=O)OC2CCCC2)C(=O)N2C[C@H](OC(=O)N4CCc5ccccc5C4)C[C@H]2C(=O)N3)cc1. The highest BCUT2D eigenvalue weighted by Crippen LogP contribution is 2.46. The second-order valence-electron chi connectivity index (χ2n) is 16.4. The number of amides is 5. The molecule has 312 valence electrons. The monoisotopic (exact) mass is 818 g/mol. The minimum atomic E-state index is -4.32. The minimum absolute atomic E-state index is 0.0677. The van der Waals surface area contributed by atoms with Crippen molar-refractivity contribution in [3.63, 3.8) is 0 Å². The molecule has 15 nitrogen and oxygen atoms in total. The summed E-state index contributed by atoms with van der Waals surface area (Å²) in [6, 6.07) is 11.7. The van der Waals surface area contributed by atoms with Gasteiger partial charge in [0.05, 0.1) is 11.4 Å². The summed E-state index contributed by atoms with van der Waals surface area (Å²) in [6.45, 7) is 0.681. The third kappa shape index (κ3) is 9.27. The van der Waals surface area contributed by atoms with Crippen LogP contribution in [0.25, 0.3) is 0 Å². The van der Waals surface area contributed by atoms with Crippen molar-refractivity contribution in [2.45, 2.75) is 118 Å². The first-order chi connectivity index (χ1) is 27.8. The lowest BCUT2D eigenvalue weighted by Crippen LogP contribution is -2.58. The number of benzene rings is 2. The summed E-state index contributed by atoms with van der Waals surface area (Å²) in [5.41, 5.74) is 1.33. The van der Waals surface area contributed by atoms with Crippen molar-refractivity contribution in [3.05, 3.63) is 71.8 Å². The molecule has 0 aromatic heterocycles. The van der Waals surface area contributed by atoms with Gasteiger partial charge in [0.25, 0.3) is 15.9 Å². The number of fused-ring (bicyclic) bond motifs is 3. The van der Waals surface area contributed by atoms with Crippen LogP contribution in [0.4, 0.5) is 15.3 Å². The van der Waals surface area contributed by atoms with Crippen molar-refractivity contribution in [1.29, 1.82) is 0 Å². The van der Waals surface area contributed by atoms with Gasteiger partial charge in [-0.3, -0.25) is 14.4 Å². The zero-order valence-corrected chi connectivity index (χ0v) is 34.0. The fourth-order valence-electron chi connectivity index (χ4n) is 8.56. The number of nitrogens with one attached hydrogen (secondary N) is 3. The first kappa shape index (κ1) is 41.1. The van der Waals surface area contributed by atoms with E-state index in [0.717, 1.165) is 55.3 Å². The molecule has 7 rings (SSSR count). The maximum absolute atomic E-state index is 14.5. The molecule has 3 N–H and O–H groups in total. The second-order valence-corrected chi connectivity index (χ2v) is 18.0. The van der Waals surface area contributed by atoms with Gasteiger partial charge in [-0.25, -0.2) is 22.7 Å². The van der Waals surface area contributed by atoms with Crippen molar-refractivity contribution in [2.75, 3.05) is 32.1 Å². The van der Waals surface area contributed by atoms with E-state index >= 15 is 0 Å². The Bertz CT molecular complexity index is 2020. The third-order valence-corrected chi connectivity index (χ3v) is 13.4. The largest absolute Gasteiger partial charge is 0.446 e. The molecule has 5 atom stereocenters. The quantitative estimate of drug-likeness (QED) is 0.343. The molecule has 58 heavy (non-hydrogen) atoms. The third-order valence-electron chi connectivity index (χ3n) is 12.1. The molecule has 0 spiro atoms. The van der Waals surface area contributed by atoms with Crippen molar-refractivity contribution >= 4 is 45.6 Å². The number of anilines is 1. The molecule has 2 aromatic carbocycles. The van der Waals surface area contributed by atoms with E-state index < -0.39 is 69.6 Å². The van der Waals surface area contributed by atoms with E-state index in [4.69, 9.17) is 9.47 Å². The van der Waals surface area contributed by atoms with Crippen LogP contribution in [-0.4, -0.2) is 105 Å². The highest BCUT2D eigenvalue weighted by atomic mass is 32.2. The summed E-state index contributed by atoms with van der Waals surface area (Å²) >= 11 is 0. The van der Waals surface area contributed by atoms with Crippen molar-refractivity contribution < 1.29 is 41.9 Å². The van der Waals surface area contributed by atoms with Gasteiger partial charge in [-0.1, -0.05) is 49.3 Å². The van der Waals surface area contributed by atoms with Crippen LogP contribution in [0.2, 0.25) is 0 Å². The maximum Gasteiger partial charge on any atom is 0.410 e. The van der Waals surface area contributed by atoms with Crippen molar-refractivity contribution in [2.24, 2.45) is 5.92 Å². The van der Waals surface area contributed by atoms with Crippen LogP contribution in [0.15, 0.2) is 65.6 Å². The topological polar surface area (TPSA) is 184 Å². The van der Waals surface area contributed by atoms with Crippen LogP contribution in [0.1, 0.15) is 81.8 Å². The van der Waals surface area contributed by atoms with Crippen LogP contribution in [-0.2, 0) is 46.8 Å². The highest BCUT2D eigenvalue weighted by Gasteiger charge is 2.61. The molecule has 3 aliphatic heterocycles. The van der Waals surface area contributed by atoms with Crippen LogP contribution >= 0.6 is 0 Å². The first-order valence-corrected chi connectivity index (χ1v) is 21.9. The lowest BCUT2D eigenvalue weighted by Gasteiger charge is -2.30. The Morgan fingerprint density at radius 2 is 1.62 bits per heavy atom. The molecular formula is C42H54N6O9S. The number of carbonyl (C=O) groups is 5. The number of sulfonamides is 1. The van der Waals surface area contributed by atoms with E-state index in [9.17, 15) is 32.4 Å². The van der Waals surface area contributed by atoms with Gasteiger partial charge < -0.3 is 34.8 Å². The molecule has 16 heteroatoms. The van der Waals surface area contributed by atoms with Gasteiger partial charge in [-0.15, -0.1) is 0 Å². The van der Waals surface area contributed by atoms with Crippen LogP contribution in [0.5, 0.6) is 0 Å². The predicted octanol–water partition coefficient (Wildman–Crippen LogP) is 4.15. The van der Waals surface area contributed by atoms with E-state index in [0.29, 0.717) is 38.8 Å². The number of alkyl carbamates (subject to hydrolysis) is 1.